The zero-order valence-corrected chi connectivity index (χ0v) is 9.42. The summed E-state index contributed by atoms with van der Waals surface area (Å²) in [6.45, 7) is 2.21. The SMILES string of the molecule is Cc1cc(C(=O)NCc2ccccn2)ncn1. The highest BCUT2D eigenvalue weighted by atomic mass is 16.1. The van der Waals surface area contributed by atoms with Gasteiger partial charge in [-0.1, -0.05) is 6.07 Å². The summed E-state index contributed by atoms with van der Waals surface area (Å²) in [5.41, 5.74) is 1.95. The second-order valence-corrected chi connectivity index (χ2v) is 3.55. The molecule has 0 aliphatic rings. The summed E-state index contributed by atoms with van der Waals surface area (Å²) in [6, 6.07) is 7.21. The number of carbonyl (C=O) groups is 1. The molecule has 2 aromatic heterocycles. The van der Waals surface area contributed by atoms with Gasteiger partial charge in [-0.15, -0.1) is 0 Å². The van der Waals surface area contributed by atoms with Crippen molar-refractivity contribution in [3.63, 3.8) is 0 Å². The lowest BCUT2D eigenvalue weighted by atomic mass is 10.3. The Hall–Kier alpha value is -2.30. The number of hydrogen-bond donors (Lipinski definition) is 1. The molecule has 0 unspecified atom stereocenters. The Bertz CT molecular complexity index is 513. The number of nitrogens with one attached hydrogen (secondary N) is 1. The smallest absolute Gasteiger partial charge is 0.270 e. The van der Waals surface area contributed by atoms with Crippen molar-refractivity contribution < 1.29 is 4.79 Å². The molecule has 17 heavy (non-hydrogen) atoms. The molecule has 0 fully saturated rings. The Balaban J connectivity index is 1.98. The number of aromatic nitrogens is 3. The van der Waals surface area contributed by atoms with Gasteiger partial charge in [-0.2, -0.15) is 0 Å². The number of rotatable bonds is 3. The van der Waals surface area contributed by atoms with Crippen LogP contribution in [0.15, 0.2) is 36.8 Å². The van der Waals surface area contributed by atoms with Gasteiger partial charge in [0.2, 0.25) is 0 Å². The van der Waals surface area contributed by atoms with Crippen LogP contribution in [0.25, 0.3) is 0 Å². The van der Waals surface area contributed by atoms with E-state index in [9.17, 15) is 4.79 Å². The lowest BCUT2D eigenvalue weighted by Gasteiger charge is -2.04. The number of carbonyl (C=O) groups excluding carboxylic acids is 1. The predicted octanol–water partition coefficient (Wildman–Crippen LogP) is 1.11. The highest BCUT2D eigenvalue weighted by Gasteiger charge is 2.07. The number of pyridine rings is 1. The first-order valence-electron chi connectivity index (χ1n) is 5.22. The number of nitrogens with zero attached hydrogens (tertiary/aromatic N) is 3. The molecule has 5 nitrogen and oxygen atoms in total. The first kappa shape index (κ1) is 11.2. The first-order valence-corrected chi connectivity index (χ1v) is 5.22. The molecule has 0 saturated heterocycles. The van der Waals surface area contributed by atoms with Crippen molar-refractivity contribution in [2.45, 2.75) is 13.5 Å². The van der Waals surface area contributed by atoms with Crippen LogP contribution >= 0.6 is 0 Å². The summed E-state index contributed by atoms with van der Waals surface area (Å²) in [4.78, 5) is 23.7. The second kappa shape index (κ2) is 5.16. The topological polar surface area (TPSA) is 67.8 Å². The molecule has 2 rings (SSSR count). The zero-order chi connectivity index (χ0) is 12.1. The van der Waals surface area contributed by atoms with Crippen molar-refractivity contribution >= 4 is 5.91 Å². The van der Waals surface area contributed by atoms with Crippen LogP contribution in [-0.2, 0) is 6.54 Å². The van der Waals surface area contributed by atoms with Gasteiger partial charge in [-0.05, 0) is 25.1 Å². The van der Waals surface area contributed by atoms with E-state index in [4.69, 9.17) is 0 Å². The van der Waals surface area contributed by atoms with Gasteiger partial charge in [0.1, 0.15) is 12.0 Å². The van der Waals surface area contributed by atoms with Crippen molar-refractivity contribution in [3.05, 3.63) is 53.9 Å². The van der Waals surface area contributed by atoms with Crippen molar-refractivity contribution in [1.82, 2.24) is 20.3 Å². The standard InChI is InChI=1S/C12H12N4O/c1-9-6-11(16-8-15-9)12(17)14-7-10-4-2-3-5-13-10/h2-6,8H,7H2,1H3,(H,14,17). The maximum Gasteiger partial charge on any atom is 0.270 e. The van der Waals surface area contributed by atoms with Crippen molar-refractivity contribution in [1.29, 1.82) is 0 Å². The van der Waals surface area contributed by atoms with E-state index in [1.807, 2.05) is 25.1 Å². The highest BCUT2D eigenvalue weighted by molar-refractivity contribution is 5.92. The molecule has 5 heteroatoms. The molecule has 0 spiro atoms. The van der Waals surface area contributed by atoms with Crippen molar-refractivity contribution in [2.24, 2.45) is 0 Å². The second-order valence-electron chi connectivity index (χ2n) is 3.55. The predicted molar refractivity (Wildman–Crippen MR) is 62.2 cm³/mol. The van der Waals surface area contributed by atoms with Gasteiger partial charge in [0, 0.05) is 11.9 Å². The van der Waals surface area contributed by atoms with Crippen LogP contribution in [-0.4, -0.2) is 20.9 Å². The minimum absolute atomic E-state index is 0.221. The van der Waals surface area contributed by atoms with Crippen LogP contribution < -0.4 is 5.32 Å². The van der Waals surface area contributed by atoms with Crippen LogP contribution in [0.4, 0.5) is 0 Å². The fraction of sp³-hybridized carbons (Fsp3) is 0.167. The summed E-state index contributed by atoms with van der Waals surface area (Å²) < 4.78 is 0. The maximum absolute atomic E-state index is 11.7. The molecule has 86 valence electrons. The van der Waals surface area contributed by atoms with E-state index in [0.717, 1.165) is 11.4 Å². The molecule has 0 saturated carbocycles. The van der Waals surface area contributed by atoms with Gasteiger partial charge in [-0.25, -0.2) is 9.97 Å². The zero-order valence-electron chi connectivity index (χ0n) is 9.42. The van der Waals surface area contributed by atoms with Crippen molar-refractivity contribution in [3.8, 4) is 0 Å². The molecule has 0 radical (unpaired) electrons. The molecular formula is C12H12N4O. The minimum atomic E-state index is -0.221. The lowest BCUT2D eigenvalue weighted by molar-refractivity contribution is 0.0945. The Morgan fingerprint density at radius 2 is 2.18 bits per heavy atom. The Morgan fingerprint density at radius 1 is 1.29 bits per heavy atom. The lowest BCUT2D eigenvalue weighted by Crippen LogP contribution is -2.24. The first-order chi connectivity index (χ1) is 8.25. The van der Waals surface area contributed by atoms with Crippen LogP contribution in [0.5, 0.6) is 0 Å². The third-order valence-corrected chi connectivity index (χ3v) is 2.19. The number of hydrogen-bond acceptors (Lipinski definition) is 4. The van der Waals surface area contributed by atoms with Crippen LogP contribution in [0.1, 0.15) is 21.9 Å². The third-order valence-electron chi connectivity index (χ3n) is 2.19. The fourth-order valence-electron chi connectivity index (χ4n) is 1.34. The molecule has 1 N–H and O–H groups in total. The summed E-state index contributed by atoms with van der Waals surface area (Å²) in [5.74, 6) is -0.221. The van der Waals surface area contributed by atoms with Gasteiger partial charge in [0.15, 0.2) is 0 Å². The monoisotopic (exact) mass is 228 g/mol. The number of amides is 1. The van der Waals surface area contributed by atoms with Gasteiger partial charge < -0.3 is 5.32 Å². The molecule has 0 bridgehead atoms. The Morgan fingerprint density at radius 3 is 2.88 bits per heavy atom. The molecule has 0 aliphatic heterocycles. The van der Waals surface area contributed by atoms with E-state index >= 15 is 0 Å². The summed E-state index contributed by atoms with van der Waals surface area (Å²) >= 11 is 0. The van der Waals surface area contributed by atoms with E-state index in [-0.39, 0.29) is 5.91 Å². The summed E-state index contributed by atoms with van der Waals surface area (Å²) in [5, 5.41) is 2.75. The van der Waals surface area contributed by atoms with Gasteiger partial charge in [0.25, 0.3) is 5.91 Å². The normalized spacial score (nSPS) is 9.94. The van der Waals surface area contributed by atoms with Crippen LogP contribution in [0.2, 0.25) is 0 Å². The van der Waals surface area contributed by atoms with Crippen molar-refractivity contribution in [2.75, 3.05) is 0 Å². The molecular weight excluding hydrogens is 216 g/mol. The number of aryl methyl sites for hydroxylation is 1. The molecule has 1 amide bonds. The average molecular weight is 228 g/mol. The molecule has 0 atom stereocenters. The minimum Gasteiger partial charge on any atom is -0.345 e. The maximum atomic E-state index is 11.7. The van der Waals surface area contributed by atoms with E-state index in [1.54, 1.807) is 12.3 Å². The van der Waals surface area contributed by atoms with Gasteiger partial charge >= 0.3 is 0 Å². The molecule has 0 aromatic carbocycles. The Labute approximate surface area is 99.0 Å². The summed E-state index contributed by atoms with van der Waals surface area (Å²) in [6.07, 6.45) is 3.07. The van der Waals surface area contributed by atoms with E-state index in [0.29, 0.717) is 12.2 Å². The molecule has 0 aliphatic carbocycles. The van der Waals surface area contributed by atoms with Crippen LogP contribution in [0, 0.1) is 6.92 Å². The summed E-state index contributed by atoms with van der Waals surface area (Å²) in [7, 11) is 0. The van der Waals surface area contributed by atoms with E-state index < -0.39 is 0 Å². The van der Waals surface area contributed by atoms with Gasteiger partial charge in [-0.3, -0.25) is 9.78 Å². The van der Waals surface area contributed by atoms with E-state index in [2.05, 4.69) is 20.3 Å². The largest absolute Gasteiger partial charge is 0.345 e. The van der Waals surface area contributed by atoms with Crippen LogP contribution in [0.3, 0.4) is 0 Å². The fourth-order valence-corrected chi connectivity index (χ4v) is 1.34. The Kier molecular flexibility index (Phi) is 3.40. The average Bonchev–Trinajstić information content (AvgIpc) is 2.37. The van der Waals surface area contributed by atoms with E-state index in [1.165, 1.54) is 6.33 Å². The highest BCUT2D eigenvalue weighted by Crippen LogP contribution is 1.98. The molecule has 2 aromatic rings. The molecule has 2 heterocycles. The quantitative estimate of drug-likeness (QED) is 0.854. The third kappa shape index (κ3) is 3.07. The van der Waals surface area contributed by atoms with Gasteiger partial charge in [0.05, 0.1) is 12.2 Å².